The van der Waals surface area contributed by atoms with E-state index in [1.807, 2.05) is 0 Å². The van der Waals surface area contributed by atoms with Crippen molar-refractivity contribution < 1.29 is 9.66 Å². The zero-order chi connectivity index (χ0) is 12.3. The molecule has 0 amide bonds. The molecule has 0 heterocycles. The molecule has 2 rings (SSSR count). The van der Waals surface area contributed by atoms with Gasteiger partial charge in [-0.3, -0.25) is 10.1 Å². The van der Waals surface area contributed by atoms with E-state index in [2.05, 4.69) is 5.32 Å². The molecule has 0 radical (unpaired) electrons. The van der Waals surface area contributed by atoms with Crippen molar-refractivity contribution in [2.75, 3.05) is 13.2 Å². The average molecular weight is 257 g/mol. The van der Waals surface area contributed by atoms with Crippen LogP contribution < -0.4 is 10.1 Å². The topological polar surface area (TPSA) is 64.4 Å². The van der Waals surface area contributed by atoms with Crippen molar-refractivity contribution in [3.8, 4) is 5.75 Å². The number of nitro benzene ring substituents is 1. The van der Waals surface area contributed by atoms with Crippen LogP contribution in [-0.4, -0.2) is 24.1 Å². The normalized spacial score (nSPS) is 14.6. The van der Waals surface area contributed by atoms with Gasteiger partial charge in [0.25, 0.3) is 5.69 Å². The number of benzene rings is 1. The van der Waals surface area contributed by atoms with Crippen molar-refractivity contribution in [2.45, 2.75) is 18.9 Å². The van der Waals surface area contributed by atoms with Gasteiger partial charge in [0, 0.05) is 24.7 Å². The van der Waals surface area contributed by atoms with Gasteiger partial charge in [0.15, 0.2) is 0 Å². The number of hydrogen-bond donors (Lipinski definition) is 1. The second-order valence-electron chi connectivity index (χ2n) is 3.95. The summed E-state index contributed by atoms with van der Waals surface area (Å²) >= 11 is 5.88. The third-order valence-corrected chi connectivity index (χ3v) is 2.79. The van der Waals surface area contributed by atoms with Crippen molar-refractivity contribution in [1.82, 2.24) is 5.32 Å². The summed E-state index contributed by atoms with van der Waals surface area (Å²) in [6, 6.07) is 4.85. The Bertz CT molecular complexity index is 421. The number of nitrogens with one attached hydrogen (secondary N) is 1. The fraction of sp³-hybridized carbons (Fsp3) is 0.455. The largest absolute Gasteiger partial charge is 0.491 e. The summed E-state index contributed by atoms with van der Waals surface area (Å²) in [7, 11) is 0. The molecular formula is C11H13ClN2O3. The van der Waals surface area contributed by atoms with E-state index >= 15 is 0 Å². The maximum Gasteiger partial charge on any atom is 0.271 e. The first-order valence-corrected chi connectivity index (χ1v) is 5.85. The zero-order valence-electron chi connectivity index (χ0n) is 9.19. The minimum atomic E-state index is -0.482. The molecule has 0 spiro atoms. The van der Waals surface area contributed by atoms with Crippen LogP contribution in [-0.2, 0) is 0 Å². The highest BCUT2D eigenvalue weighted by atomic mass is 35.5. The van der Waals surface area contributed by atoms with Crippen LogP contribution >= 0.6 is 11.6 Å². The van der Waals surface area contributed by atoms with Gasteiger partial charge in [0.2, 0.25) is 0 Å². The van der Waals surface area contributed by atoms with Crippen molar-refractivity contribution in [2.24, 2.45) is 0 Å². The third kappa shape index (κ3) is 3.57. The quantitative estimate of drug-likeness (QED) is 0.482. The molecule has 1 aliphatic carbocycles. The van der Waals surface area contributed by atoms with Crippen LogP contribution in [0, 0.1) is 10.1 Å². The second kappa shape index (κ2) is 5.33. The maximum absolute atomic E-state index is 10.5. The molecule has 0 unspecified atom stereocenters. The highest BCUT2D eigenvalue weighted by Gasteiger charge is 2.19. The van der Waals surface area contributed by atoms with E-state index in [1.54, 1.807) is 0 Å². The highest BCUT2D eigenvalue weighted by Crippen LogP contribution is 2.28. The van der Waals surface area contributed by atoms with Crippen LogP contribution in [0.25, 0.3) is 0 Å². The average Bonchev–Trinajstić information content (AvgIpc) is 3.09. The summed E-state index contributed by atoms with van der Waals surface area (Å²) < 4.78 is 5.43. The van der Waals surface area contributed by atoms with Gasteiger partial charge < -0.3 is 10.1 Å². The predicted octanol–water partition coefficient (Wildman–Crippen LogP) is 2.38. The van der Waals surface area contributed by atoms with E-state index in [0.717, 1.165) is 6.54 Å². The molecule has 1 fully saturated rings. The Labute approximate surface area is 104 Å². The van der Waals surface area contributed by atoms with Crippen molar-refractivity contribution >= 4 is 17.3 Å². The number of ether oxygens (including phenoxy) is 1. The standard InChI is InChI=1S/C11H13ClN2O3/c12-10-7-9(14(15)16)3-4-11(10)17-6-5-13-8-1-2-8/h3-4,7-8,13H,1-2,5-6H2. The number of halogens is 1. The van der Waals surface area contributed by atoms with Gasteiger partial charge in [0.1, 0.15) is 12.4 Å². The molecule has 0 aromatic heterocycles. The molecule has 0 bridgehead atoms. The van der Waals surface area contributed by atoms with Gasteiger partial charge >= 0.3 is 0 Å². The Hall–Kier alpha value is -1.33. The van der Waals surface area contributed by atoms with Gasteiger partial charge in [-0.25, -0.2) is 0 Å². The summed E-state index contributed by atoms with van der Waals surface area (Å²) in [6.07, 6.45) is 2.47. The van der Waals surface area contributed by atoms with Gasteiger partial charge in [-0.05, 0) is 18.9 Å². The Morgan fingerprint density at radius 1 is 1.53 bits per heavy atom. The van der Waals surface area contributed by atoms with Crippen LogP contribution in [0.5, 0.6) is 5.75 Å². The lowest BCUT2D eigenvalue weighted by Crippen LogP contribution is -2.22. The zero-order valence-corrected chi connectivity index (χ0v) is 9.94. The van der Waals surface area contributed by atoms with Crippen molar-refractivity contribution in [1.29, 1.82) is 0 Å². The molecule has 17 heavy (non-hydrogen) atoms. The Morgan fingerprint density at radius 3 is 2.88 bits per heavy atom. The molecule has 6 heteroatoms. The summed E-state index contributed by atoms with van der Waals surface area (Å²) in [5.74, 6) is 0.481. The summed E-state index contributed by atoms with van der Waals surface area (Å²) in [5.41, 5.74) is -0.0292. The van der Waals surface area contributed by atoms with Crippen LogP contribution in [0.3, 0.4) is 0 Å². The number of nitrogens with zero attached hydrogens (tertiary/aromatic N) is 1. The molecule has 5 nitrogen and oxygen atoms in total. The molecule has 1 N–H and O–H groups in total. The van der Waals surface area contributed by atoms with Crippen LogP contribution in [0.4, 0.5) is 5.69 Å². The SMILES string of the molecule is O=[N+]([O-])c1ccc(OCCNC2CC2)c(Cl)c1. The molecule has 0 atom stereocenters. The van der Waals surface area contributed by atoms with E-state index < -0.39 is 4.92 Å². The Balaban J connectivity index is 1.84. The van der Waals surface area contributed by atoms with Gasteiger partial charge in [-0.1, -0.05) is 11.6 Å². The minimum absolute atomic E-state index is 0.0292. The molecule has 0 saturated heterocycles. The van der Waals surface area contributed by atoms with E-state index in [-0.39, 0.29) is 10.7 Å². The number of rotatable bonds is 6. The number of nitro groups is 1. The third-order valence-electron chi connectivity index (χ3n) is 2.50. The summed E-state index contributed by atoms with van der Waals surface area (Å²) in [6.45, 7) is 1.27. The highest BCUT2D eigenvalue weighted by molar-refractivity contribution is 6.32. The monoisotopic (exact) mass is 256 g/mol. The van der Waals surface area contributed by atoms with Crippen LogP contribution in [0.1, 0.15) is 12.8 Å². The molecule has 92 valence electrons. The van der Waals surface area contributed by atoms with Crippen molar-refractivity contribution in [3.05, 3.63) is 33.3 Å². The van der Waals surface area contributed by atoms with Gasteiger partial charge in [0.05, 0.1) is 9.95 Å². The summed E-state index contributed by atoms with van der Waals surface area (Å²) in [4.78, 5) is 10.0. The van der Waals surface area contributed by atoms with E-state index in [9.17, 15) is 10.1 Å². The first-order chi connectivity index (χ1) is 8.16. The first kappa shape index (κ1) is 12.1. The second-order valence-corrected chi connectivity index (χ2v) is 4.36. The van der Waals surface area contributed by atoms with E-state index in [4.69, 9.17) is 16.3 Å². The Kier molecular flexibility index (Phi) is 3.81. The lowest BCUT2D eigenvalue weighted by atomic mass is 10.3. The van der Waals surface area contributed by atoms with Crippen LogP contribution in [0.2, 0.25) is 5.02 Å². The smallest absolute Gasteiger partial charge is 0.271 e. The molecule has 0 aliphatic heterocycles. The molecule has 1 aromatic rings. The minimum Gasteiger partial charge on any atom is -0.491 e. The van der Waals surface area contributed by atoms with Gasteiger partial charge in [-0.2, -0.15) is 0 Å². The van der Waals surface area contributed by atoms with Crippen LogP contribution in [0.15, 0.2) is 18.2 Å². The molecule has 1 saturated carbocycles. The van der Waals surface area contributed by atoms with Crippen molar-refractivity contribution in [3.63, 3.8) is 0 Å². The fourth-order valence-corrected chi connectivity index (χ4v) is 1.66. The fourth-order valence-electron chi connectivity index (χ4n) is 1.43. The number of non-ortho nitro benzene ring substituents is 1. The maximum atomic E-state index is 10.5. The van der Waals surface area contributed by atoms with Gasteiger partial charge in [-0.15, -0.1) is 0 Å². The predicted molar refractivity (Wildman–Crippen MR) is 64.6 cm³/mol. The summed E-state index contributed by atoms with van der Waals surface area (Å²) in [5, 5.41) is 14.1. The molecule has 1 aromatic carbocycles. The lowest BCUT2D eigenvalue weighted by Gasteiger charge is -2.08. The van der Waals surface area contributed by atoms with E-state index in [1.165, 1.54) is 31.0 Å². The first-order valence-electron chi connectivity index (χ1n) is 5.47. The number of hydrogen-bond acceptors (Lipinski definition) is 4. The Morgan fingerprint density at radius 2 is 2.29 bits per heavy atom. The molecule has 1 aliphatic rings. The molecular weight excluding hydrogens is 244 g/mol. The lowest BCUT2D eigenvalue weighted by molar-refractivity contribution is -0.384. The van der Waals surface area contributed by atoms with E-state index in [0.29, 0.717) is 18.4 Å².